The van der Waals surface area contributed by atoms with E-state index in [1.54, 1.807) is 20.8 Å². The lowest BCUT2D eigenvalue weighted by Crippen LogP contribution is -2.41. The summed E-state index contributed by atoms with van der Waals surface area (Å²) in [5, 5.41) is 7.04. The van der Waals surface area contributed by atoms with Crippen molar-refractivity contribution in [2.75, 3.05) is 0 Å². The summed E-state index contributed by atoms with van der Waals surface area (Å²) in [7, 11) is -4.56. The van der Waals surface area contributed by atoms with Crippen molar-refractivity contribution in [2.45, 2.75) is 93.9 Å². The predicted molar refractivity (Wildman–Crippen MR) is 142 cm³/mol. The Bertz CT molecular complexity index is 710. The van der Waals surface area contributed by atoms with Crippen LogP contribution < -0.4 is 0 Å². The molecular weight excluding hydrogens is 397 g/mol. The highest BCUT2D eigenvalue weighted by Crippen LogP contribution is 2.49. The van der Waals surface area contributed by atoms with Crippen molar-refractivity contribution < 1.29 is 0 Å². The first-order chi connectivity index (χ1) is 12.7. The van der Waals surface area contributed by atoms with Crippen LogP contribution in [-0.2, 0) is 0 Å². The first-order valence-electron chi connectivity index (χ1n) is 11.6. The SMILES string of the molecule is CC(C)(C)C1C=C([Si](C)(C)C)C([Si](C)(C)C2=CC(C(C)(C)C)C=C2[Si](C)(C)C)=C1. The summed E-state index contributed by atoms with van der Waals surface area (Å²) in [4.78, 5) is 0. The molecule has 0 aromatic carbocycles. The van der Waals surface area contributed by atoms with Gasteiger partial charge in [0.15, 0.2) is 0 Å². The Kier molecular flexibility index (Phi) is 6.30. The smallest absolute Gasteiger partial charge is 0.0779 e. The standard InChI is InChI=1S/C26H48Si3/c1-25(2,3)19-15-21(27(7,8)9)23(17-19)29(13,14)24-18-20(26(4,5)6)16-22(24)28(10,11)12/h15-20H,1-14H3. The third-order valence-electron chi connectivity index (χ3n) is 6.93. The molecular formula is C26H48Si3. The van der Waals surface area contributed by atoms with Crippen molar-refractivity contribution >= 4 is 24.2 Å². The Morgan fingerprint density at radius 2 is 0.724 bits per heavy atom. The van der Waals surface area contributed by atoms with Crippen molar-refractivity contribution in [2.24, 2.45) is 22.7 Å². The first-order valence-corrected chi connectivity index (χ1v) is 21.6. The molecule has 0 aliphatic heterocycles. The molecule has 0 aromatic heterocycles. The molecule has 0 N–H and O–H groups in total. The maximum atomic E-state index is 2.70. The van der Waals surface area contributed by atoms with Crippen LogP contribution in [0.15, 0.2) is 45.1 Å². The van der Waals surface area contributed by atoms with E-state index in [0.29, 0.717) is 22.7 Å². The lowest BCUT2D eigenvalue weighted by atomic mass is 9.82. The number of hydrogen-bond donors (Lipinski definition) is 0. The Morgan fingerprint density at radius 3 is 0.931 bits per heavy atom. The van der Waals surface area contributed by atoms with E-state index < -0.39 is 24.2 Å². The largest absolute Gasteiger partial charge is 0.111 e. The molecule has 0 saturated carbocycles. The third-order valence-corrected chi connectivity index (χ3v) is 15.1. The zero-order valence-corrected chi connectivity index (χ0v) is 25.0. The highest BCUT2D eigenvalue weighted by molar-refractivity contribution is 6.99. The zero-order valence-electron chi connectivity index (χ0n) is 22.0. The van der Waals surface area contributed by atoms with Gasteiger partial charge >= 0.3 is 0 Å². The van der Waals surface area contributed by atoms with E-state index in [-0.39, 0.29) is 0 Å². The molecule has 0 radical (unpaired) electrons. The van der Waals surface area contributed by atoms with Gasteiger partial charge in [0.1, 0.15) is 8.07 Å². The molecule has 0 spiro atoms. The van der Waals surface area contributed by atoms with Gasteiger partial charge in [0.05, 0.1) is 16.1 Å². The normalized spacial score (nSPS) is 24.3. The first kappa shape index (κ1) is 24.9. The monoisotopic (exact) mass is 444 g/mol. The van der Waals surface area contributed by atoms with Crippen LogP contribution in [0.1, 0.15) is 41.5 Å². The van der Waals surface area contributed by atoms with Gasteiger partial charge in [-0.2, -0.15) is 0 Å². The summed E-state index contributed by atoms with van der Waals surface area (Å²) in [6.45, 7) is 35.0. The van der Waals surface area contributed by atoms with Crippen molar-refractivity contribution in [3.63, 3.8) is 0 Å². The number of hydrogen-bond acceptors (Lipinski definition) is 0. The molecule has 0 saturated heterocycles. The maximum absolute atomic E-state index is 2.70. The van der Waals surface area contributed by atoms with Gasteiger partial charge in [0.25, 0.3) is 0 Å². The summed E-state index contributed by atoms with van der Waals surface area (Å²) in [6.07, 6.45) is 10.7. The van der Waals surface area contributed by atoms with Crippen molar-refractivity contribution in [1.29, 1.82) is 0 Å². The van der Waals surface area contributed by atoms with E-state index in [0.717, 1.165) is 0 Å². The zero-order chi connectivity index (χ0) is 22.8. The van der Waals surface area contributed by atoms with Gasteiger partial charge in [-0.05, 0) is 22.7 Å². The van der Waals surface area contributed by atoms with E-state index in [9.17, 15) is 0 Å². The fraction of sp³-hybridized carbons (Fsp3) is 0.692. The van der Waals surface area contributed by atoms with Crippen molar-refractivity contribution in [1.82, 2.24) is 0 Å². The molecule has 2 rings (SSSR count). The van der Waals surface area contributed by atoms with Gasteiger partial charge < -0.3 is 0 Å². The molecule has 0 bridgehead atoms. The molecule has 2 unspecified atom stereocenters. The van der Waals surface area contributed by atoms with Crippen molar-refractivity contribution in [3.8, 4) is 0 Å². The second kappa shape index (κ2) is 7.34. The Balaban J connectivity index is 2.66. The average Bonchev–Trinajstić information content (AvgIpc) is 3.10. The van der Waals surface area contributed by atoms with Gasteiger partial charge in [0, 0.05) is 0 Å². The highest BCUT2D eigenvalue weighted by Gasteiger charge is 2.45. The molecule has 0 fully saturated rings. The van der Waals surface area contributed by atoms with Gasteiger partial charge in [-0.25, -0.2) is 0 Å². The van der Waals surface area contributed by atoms with Crippen LogP contribution in [0.5, 0.6) is 0 Å². The molecule has 3 heteroatoms. The minimum atomic E-state index is -1.77. The van der Waals surface area contributed by atoms with E-state index >= 15 is 0 Å². The lowest BCUT2D eigenvalue weighted by molar-refractivity contribution is 0.346. The third kappa shape index (κ3) is 5.10. The summed E-state index contributed by atoms with van der Waals surface area (Å²) >= 11 is 0. The Labute approximate surface area is 185 Å². The fourth-order valence-electron chi connectivity index (χ4n) is 4.72. The summed E-state index contributed by atoms with van der Waals surface area (Å²) < 4.78 is 0. The molecule has 0 amide bonds. The van der Waals surface area contributed by atoms with E-state index in [4.69, 9.17) is 0 Å². The lowest BCUT2D eigenvalue weighted by Gasteiger charge is -2.36. The topological polar surface area (TPSA) is 0 Å². The number of rotatable bonds is 4. The Hall–Kier alpha value is -0.389. The van der Waals surface area contributed by atoms with Crippen LogP contribution in [0, 0.1) is 22.7 Å². The molecule has 0 nitrogen and oxygen atoms in total. The molecule has 2 atom stereocenters. The maximum Gasteiger partial charge on any atom is 0.111 e. The average molecular weight is 445 g/mol. The highest BCUT2D eigenvalue weighted by atomic mass is 28.3. The molecule has 2 aliphatic carbocycles. The molecule has 0 heterocycles. The fourth-order valence-corrected chi connectivity index (χ4v) is 15.0. The van der Waals surface area contributed by atoms with Gasteiger partial charge in [0.2, 0.25) is 0 Å². The molecule has 0 aromatic rings. The van der Waals surface area contributed by atoms with Crippen LogP contribution in [0.25, 0.3) is 0 Å². The minimum Gasteiger partial charge on any atom is -0.0779 e. The summed E-state index contributed by atoms with van der Waals surface area (Å²) in [5.74, 6) is 1.15. The van der Waals surface area contributed by atoms with E-state index in [1.807, 2.05) is 0 Å². The summed E-state index contributed by atoms with van der Waals surface area (Å²) in [5.41, 5.74) is 0.596. The molecule has 2 aliphatic rings. The molecule has 29 heavy (non-hydrogen) atoms. The van der Waals surface area contributed by atoms with Crippen LogP contribution in [0.3, 0.4) is 0 Å². The van der Waals surface area contributed by atoms with Gasteiger partial charge in [-0.1, -0.05) is 139 Å². The van der Waals surface area contributed by atoms with Crippen LogP contribution in [0.2, 0.25) is 52.4 Å². The van der Waals surface area contributed by atoms with Crippen LogP contribution >= 0.6 is 0 Å². The second-order valence-corrected chi connectivity index (χ2v) is 28.6. The van der Waals surface area contributed by atoms with E-state index in [2.05, 4.69) is 118 Å². The van der Waals surface area contributed by atoms with Gasteiger partial charge in [-0.3, -0.25) is 0 Å². The van der Waals surface area contributed by atoms with Crippen LogP contribution in [0.4, 0.5) is 0 Å². The van der Waals surface area contributed by atoms with E-state index in [1.165, 1.54) is 0 Å². The molecule has 164 valence electrons. The van der Waals surface area contributed by atoms with Crippen LogP contribution in [-0.4, -0.2) is 24.2 Å². The van der Waals surface area contributed by atoms with Gasteiger partial charge in [-0.15, -0.1) is 0 Å². The summed E-state index contributed by atoms with van der Waals surface area (Å²) in [6, 6.07) is 0. The second-order valence-electron chi connectivity index (χ2n) is 14.2. The quantitative estimate of drug-likeness (QED) is 0.381. The van der Waals surface area contributed by atoms with Crippen molar-refractivity contribution in [3.05, 3.63) is 45.1 Å². The Morgan fingerprint density at radius 1 is 0.483 bits per heavy atom. The number of allylic oxidation sites excluding steroid dienone is 8. The minimum absolute atomic E-state index is 0.298. The predicted octanol–water partition coefficient (Wildman–Crippen LogP) is 8.59.